The van der Waals surface area contributed by atoms with Gasteiger partial charge in [-0.3, -0.25) is 4.98 Å². The third-order valence-electron chi connectivity index (χ3n) is 1.56. The fraction of sp³-hybridized carbons (Fsp3) is 0.111. The molecule has 0 atom stereocenters. The maximum atomic E-state index is 5.73. The van der Waals surface area contributed by atoms with Crippen molar-refractivity contribution in [3.05, 3.63) is 40.1 Å². The lowest BCUT2D eigenvalue weighted by Crippen LogP contribution is -1.75. The third kappa shape index (κ3) is 2.70. The molecule has 2 aromatic heterocycles. The predicted octanol–water partition coefficient (Wildman–Crippen LogP) is 3.48. The maximum absolute atomic E-state index is 5.73. The van der Waals surface area contributed by atoms with E-state index in [0.29, 0.717) is 4.47 Å². The summed E-state index contributed by atoms with van der Waals surface area (Å²) in [7, 11) is 0. The van der Waals surface area contributed by atoms with Gasteiger partial charge in [0.1, 0.15) is 0 Å². The normalized spacial score (nSPS) is 10.4. The fourth-order valence-corrected chi connectivity index (χ4v) is 2.82. The molecule has 0 saturated carbocycles. The molecule has 0 spiro atoms. The zero-order chi connectivity index (χ0) is 9.80. The summed E-state index contributed by atoms with van der Waals surface area (Å²) >= 11 is 9.01. The fourth-order valence-electron chi connectivity index (χ4n) is 0.939. The van der Waals surface area contributed by atoms with Gasteiger partial charge in [0.05, 0.1) is 0 Å². The number of aromatic nitrogens is 2. The number of rotatable bonds is 3. The van der Waals surface area contributed by atoms with Gasteiger partial charge < -0.3 is 0 Å². The average Bonchev–Trinajstić information content (AvgIpc) is 2.63. The summed E-state index contributed by atoms with van der Waals surface area (Å²) in [6.07, 6.45) is 5.41. The molecule has 0 unspecified atom stereocenters. The summed E-state index contributed by atoms with van der Waals surface area (Å²) in [5.41, 5.74) is 0. The van der Waals surface area contributed by atoms with Gasteiger partial charge in [-0.1, -0.05) is 11.6 Å². The maximum Gasteiger partial charge on any atom is 0.183 e. The van der Waals surface area contributed by atoms with E-state index in [1.54, 1.807) is 24.2 Å². The van der Waals surface area contributed by atoms with Crippen molar-refractivity contribution in [3.63, 3.8) is 0 Å². The molecule has 0 aliphatic heterocycles. The predicted molar refractivity (Wildman–Crippen MR) is 60.9 cm³/mol. The minimum Gasteiger partial charge on any atom is -0.265 e. The summed E-state index contributed by atoms with van der Waals surface area (Å²) in [6, 6.07) is 3.99. The molecule has 0 aromatic carbocycles. The zero-order valence-electron chi connectivity index (χ0n) is 7.18. The molecule has 0 bridgehead atoms. The Kier molecular flexibility index (Phi) is 3.39. The lowest BCUT2D eigenvalue weighted by Gasteiger charge is -1.96. The van der Waals surface area contributed by atoms with E-state index in [1.807, 2.05) is 18.3 Å². The van der Waals surface area contributed by atoms with Gasteiger partial charge in [-0.15, -0.1) is 23.1 Å². The van der Waals surface area contributed by atoms with E-state index in [9.17, 15) is 0 Å². The summed E-state index contributed by atoms with van der Waals surface area (Å²) in [6.45, 7) is 0. The molecule has 0 radical (unpaired) electrons. The second kappa shape index (κ2) is 4.77. The van der Waals surface area contributed by atoms with E-state index in [2.05, 4.69) is 9.97 Å². The number of thiazole rings is 1. The van der Waals surface area contributed by atoms with Gasteiger partial charge in [0.15, 0.2) is 4.47 Å². The quantitative estimate of drug-likeness (QED) is 0.771. The Balaban J connectivity index is 1.95. The first-order valence-electron chi connectivity index (χ1n) is 3.97. The summed E-state index contributed by atoms with van der Waals surface area (Å²) < 4.78 is 0.607. The zero-order valence-corrected chi connectivity index (χ0v) is 9.57. The molecule has 0 fully saturated rings. The minimum absolute atomic E-state index is 0.607. The Morgan fingerprint density at radius 1 is 1.36 bits per heavy atom. The van der Waals surface area contributed by atoms with Gasteiger partial charge in [0, 0.05) is 34.1 Å². The molecule has 14 heavy (non-hydrogen) atoms. The second-order valence-corrected chi connectivity index (χ2v) is 5.30. The number of nitrogens with zero attached hydrogens (tertiary/aromatic N) is 2. The van der Waals surface area contributed by atoms with Crippen molar-refractivity contribution >= 4 is 34.7 Å². The first-order valence-corrected chi connectivity index (χ1v) is 6.15. The summed E-state index contributed by atoms with van der Waals surface area (Å²) in [5, 5.41) is 0. The van der Waals surface area contributed by atoms with Crippen LogP contribution in [0.3, 0.4) is 0 Å². The van der Waals surface area contributed by atoms with Crippen molar-refractivity contribution in [2.45, 2.75) is 10.6 Å². The van der Waals surface area contributed by atoms with Gasteiger partial charge >= 0.3 is 0 Å². The van der Waals surface area contributed by atoms with Crippen LogP contribution in [0.1, 0.15) is 4.88 Å². The highest BCUT2D eigenvalue weighted by Gasteiger charge is 2.00. The van der Waals surface area contributed by atoms with E-state index in [1.165, 1.54) is 21.1 Å². The van der Waals surface area contributed by atoms with Gasteiger partial charge in [-0.25, -0.2) is 4.98 Å². The van der Waals surface area contributed by atoms with Crippen LogP contribution < -0.4 is 0 Å². The van der Waals surface area contributed by atoms with E-state index in [-0.39, 0.29) is 0 Å². The summed E-state index contributed by atoms with van der Waals surface area (Å²) in [4.78, 5) is 10.4. The molecule has 0 N–H and O–H groups in total. The molecule has 0 saturated heterocycles. The molecule has 0 aliphatic rings. The number of thioether (sulfide) groups is 1. The summed E-state index contributed by atoms with van der Waals surface area (Å²) in [5.74, 6) is 0.911. The van der Waals surface area contributed by atoms with Crippen LogP contribution in [0.5, 0.6) is 0 Å². The van der Waals surface area contributed by atoms with E-state index in [4.69, 9.17) is 11.6 Å². The highest BCUT2D eigenvalue weighted by molar-refractivity contribution is 7.98. The Labute approximate surface area is 95.4 Å². The molecule has 2 nitrogen and oxygen atoms in total. The number of halogens is 1. The smallest absolute Gasteiger partial charge is 0.183 e. The van der Waals surface area contributed by atoms with Crippen LogP contribution in [0.2, 0.25) is 4.47 Å². The van der Waals surface area contributed by atoms with Crippen LogP contribution in [0.4, 0.5) is 0 Å². The van der Waals surface area contributed by atoms with Crippen molar-refractivity contribution in [1.29, 1.82) is 0 Å². The van der Waals surface area contributed by atoms with Crippen molar-refractivity contribution in [1.82, 2.24) is 9.97 Å². The van der Waals surface area contributed by atoms with Gasteiger partial charge in [-0.05, 0) is 12.1 Å². The minimum atomic E-state index is 0.607. The third-order valence-corrected chi connectivity index (χ3v) is 3.91. The van der Waals surface area contributed by atoms with E-state index in [0.717, 1.165) is 5.75 Å². The van der Waals surface area contributed by atoms with Gasteiger partial charge in [0.25, 0.3) is 0 Å². The Bertz CT molecular complexity index is 402. The molecule has 2 aromatic rings. The molecule has 2 heterocycles. The molecular weight excluding hydrogens is 236 g/mol. The SMILES string of the molecule is Clc1ncc(CSc2ccncc2)s1. The lowest BCUT2D eigenvalue weighted by atomic mass is 10.5. The molecule has 5 heteroatoms. The molecule has 72 valence electrons. The highest BCUT2D eigenvalue weighted by atomic mass is 35.5. The first-order chi connectivity index (χ1) is 6.84. The van der Waals surface area contributed by atoms with Crippen LogP contribution in [0.25, 0.3) is 0 Å². The molecule has 0 amide bonds. The highest BCUT2D eigenvalue weighted by Crippen LogP contribution is 2.26. The first kappa shape index (κ1) is 9.96. The van der Waals surface area contributed by atoms with Gasteiger partial charge in [-0.2, -0.15) is 0 Å². The Morgan fingerprint density at radius 2 is 2.14 bits per heavy atom. The van der Waals surface area contributed by atoms with Crippen LogP contribution in [-0.2, 0) is 5.75 Å². The average molecular weight is 243 g/mol. The topological polar surface area (TPSA) is 25.8 Å². The largest absolute Gasteiger partial charge is 0.265 e. The second-order valence-electron chi connectivity index (χ2n) is 2.55. The van der Waals surface area contributed by atoms with Crippen molar-refractivity contribution < 1.29 is 0 Å². The van der Waals surface area contributed by atoms with E-state index >= 15 is 0 Å². The number of hydrogen-bond donors (Lipinski definition) is 0. The monoisotopic (exact) mass is 242 g/mol. The molecular formula is C9H7ClN2S2. The van der Waals surface area contributed by atoms with Crippen LogP contribution in [-0.4, -0.2) is 9.97 Å². The van der Waals surface area contributed by atoms with Gasteiger partial charge in [0.2, 0.25) is 0 Å². The standard InChI is InChI=1S/C9H7ClN2S2/c10-9-12-5-8(14-9)6-13-7-1-3-11-4-2-7/h1-5H,6H2. The van der Waals surface area contributed by atoms with Crippen molar-refractivity contribution in [3.8, 4) is 0 Å². The molecule has 0 aliphatic carbocycles. The number of hydrogen-bond acceptors (Lipinski definition) is 4. The van der Waals surface area contributed by atoms with E-state index < -0.39 is 0 Å². The number of pyridine rings is 1. The van der Waals surface area contributed by atoms with Crippen LogP contribution >= 0.6 is 34.7 Å². The lowest BCUT2D eigenvalue weighted by molar-refractivity contribution is 1.26. The van der Waals surface area contributed by atoms with Crippen LogP contribution in [0.15, 0.2) is 35.6 Å². The molecule has 2 rings (SSSR count). The Morgan fingerprint density at radius 3 is 2.79 bits per heavy atom. The van der Waals surface area contributed by atoms with Crippen LogP contribution in [0, 0.1) is 0 Å². The Hall–Kier alpha value is -0.580. The van der Waals surface area contributed by atoms with Crippen molar-refractivity contribution in [2.75, 3.05) is 0 Å². The van der Waals surface area contributed by atoms with Crippen molar-refractivity contribution in [2.24, 2.45) is 0 Å².